The molecule has 4 rings (SSSR count). The fourth-order valence-electron chi connectivity index (χ4n) is 3.60. The fraction of sp³-hybridized carbons (Fsp3) is 0.273. The molecule has 1 N–H and O–H groups in total. The van der Waals surface area contributed by atoms with E-state index >= 15 is 0 Å². The number of carbonyl (C=O) groups is 1. The average molecular weight is 378 g/mol. The molecule has 0 spiro atoms. The maximum Gasteiger partial charge on any atom is 0.291 e. The van der Waals surface area contributed by atoms with Crippen LogP contribution < -0.4 is 4.74 Å². The molecule has 1 aliphatic heterocycles. The Morgan fingerprint density at radius 3 is 2.68 bits per heavy atom. The number of rotatable bonds is 2. The van der Waals surface area contributed by atoms with Crippen molar-refractivity contribution in [3.05, 3.63) is 64.9 Å². The molecule has 2 aromatic carbocycles. The summed E-state index contributed by atoms with van der Waals surface area (Å²) in [5.74, 6) is 0.997. The van der Waals surface area contributed by atoms with E-state index in [0.717, 1.165) is 22.3 Å². The molecule has 0 bridgehead atoms. The van der Waals surface area contributed by atoms with Crippen LogP contribution in [0.3, 0.4) is 0 Å². The molecule has 6 heteroatoms. The van der Waals surface area contributed by atoms with Gasteiger partial charge in [0.15, 0.2) is 17.4 Å². The number of amides is 1. The van der Waals surface area contributed by atoms with Gasteiger partial charge in [-0.3, -0.25) is 4.79 Å². The molecule has 1 aromatic heterocycles. The van der Waals surface area contributed by atoms with Crippen molar-refractivity contribution in [1.82, 2.24) is 9.88 Å². The lowest BCUT2D eigenvalue weighted by molar-refractivity contribution is 0.0698. The van der Waals surface area contributed by atoms with Crippen molar-refractivity contribution in [3.63, 3.8) is 0 Å². The Kier molecular flexibility index (Phi) is 4.55. The lowest BCUT2D eigenvalue weighted by atomic mass is 9.98. The zero-order valence-electron chi connectivity index (χ0n) is 16.2. The number of nitrogens with zero attached hydrogens (tertiary/aromatic N) is 2. The minimum atomic E-state index is -0.227. The number of aromatic hydroxyl groups is 1. The van der Waals surface area contributed by atoms with Crippen LogP contribution in [-0.4, -0.2) is 34.0 Å². The molecule has 0 unspecified atom stereocenters. The van der Waals surface area contributed by atoms with Gasteiger partial charge in [0.2, 0.25) is 5.76 Å². The predicted octanol–water partition coefficient (Wildman–Crippen LogP) is 4.01. The summed E-state index contributed by atoms with van der Waals surface area (Å²) in [7, 11) is 0. The third-order valence-electron chi connectivity index (χ3n) is 4.96. The molecule has 0 radical (unpaired) electrons. The molecule has 6 nitrogen and oxygen atoms in total. The van der Waals surface area contributed by atoms with Gasteiger partial charge < -0.3 is 19.2 Å². The van der Waals surface area contributed by atoms with Crippen LogP contribution in [0.5, 0.6) is 11.5 Å². The van der Waals surface area contributed by atoms with Gasteiger partial charge in [-0.2, -0.15) is 0 Å². The molecule has 3 aromatic rings. The molecule has 144 valence electrons. The molecule has 2 heterocycles. The van der Waals surface area contributed by atoms with Gasteiger partial charge in [-0.15, -0.1) is 0 Å². The Balaban J connectivity index is 1.72. The second-order valence-electron chi connectivity index (χ2n) is 7.02. The van der Waals surface area contributed by atoms with E-state index in [0.29, 0.717) is 37.0 Å². The van der Waals surface area contributed by atoms with E-state index in [1.54, 1.807) is 24.8 Å². The molecule has 1 amide bonds. The maximum atomic E-state index is 13.0. The highest BCUT2D eigenvalue weighted by molar-refractivity contribution is 5.92. The van der Waals surface area contributed by atoms with E-state index in [2.05, 4.69) is 4.98 Å². The van der Waals surface area contributed by atoms with E-state index < -0.39 is 0 Å². The average Bonchev–Trinajstić information content (AvgIpc) is 2.87. The summed E-state index contributed by atoms with van der Waals surface area (Å²) >= 11 is 0. The molecule has 0 saturated carbocycles. The zero-order valence-corrected chi connectivity index (χ0v) is 16.2. The van der Waals surface area contributed by atoms with Crippen LogP contribution >= 0.6 is 0 Å². The van der Waals surface area contributed by atoms with Crippen molar-refractivity contribution in [3.8, 4) is 22.6 Å². The number of benzene rings is 2. The largest absolute Gasteiger partial charge is 0.504 e. The van der Waals surface area contributed by atoms with E-state index in [1.807, 2.05) is 37.3 Å². The van der Waals surface area contributed by atoms with Crippen LogP contribution in [0.2, 0.25) is 0 Å². The monoisotopic (exact) mass is 378 g/mol. The third kappa shape index (κ3) is 3.22. The van der Waals surface area contributed by atoms with E-state index in [9.17, 15) is 9.90 Å². The number of oxazole rings is 1. The number of phenolic OH excluding ortho intramolecular Hbond substituents is 1. The van der Waals surface area contributed by atoms with Crippen molar-refractivity contribution in [1.29, 1.82) is 0 Å². The first-order valence-electron chi connectivity index (χ1n) is 9.22. The first-order valence-corrected chi connectivity index (χ1v) is 9.22. The summed E-state index contributed by atoms with van der Waals surface area (Å²) in [5.41, 5.74) is 4.36. The highest BCUT2D eigenvalue weighted by Gasteiger charge is 2.27. The van der Waals surface area contributed by atoms with Gasteiger partial charge in [0.25, 0.3) is 5.91 Å². The highest BCUT2D eigenvalue weighted by Crippen LogP contribution is 2.38. The molecular formula is C22H22N2O4. The quantitative estimate of drug-likeness (QED) is 0.729. The number of phenols is 1. The Labute approximate surface area is 163 Å². The van der Waals surface area contributed by atoms with Gasteiger partial charge in [0.05, 0.1) is 18.8 Å². The summed E-state index contributed by atoms with van der Waals surface area (Å²) in [6, 6.07) is 11.7. The third-order valence-corrected chi connectivity index (χ3v) is 4.96. The Morgan fingerprint density at radius 1 is 1.18 bits per heavy atom. The lowest BCUT2D eigenvalue weighted by Crippen LogP contribution is -2.32. The Bertz CT molecular complexity index is 1050. The van der Waals surface area contributed by atoms with Gasteiger partial charge in [0.1, 0.15) is 6.61 Å². The molecule has 0 atom stereocenters. The lowest BCUT2D eigenvalue weighted by Gasteiger charge is -2.19. The number of aryl methyl sites for hydroxylation is 3. The van der Waals surface area contributed by atoms with Crippen LogP contribution in [0.25, 0.3) is 11.1 Å². The van der Waals surface area contributed by atoms with Crippen LogP contribution in [0, 0.1) is 20.8 Å². The minimum Gasteiger partial charge on any atom is -0.504 e. The van der Waals surface area contributed by atoms with Crippen molar-refractivity contribution in [2.45, 2.75) is 27.3 Å². The van der Waals surface area contributed by atoms with Gasteiger partial charge in [0, 0.05) is 12.5 Å². The molecule has 0 fully saturated rings. The van der Waals surface area contributed by atoms with Crippen LogP contribution in [0.15, 0.2) is 40.8 Å². The topological polar surface area (TPSA) is 75.8 Å². The fourth-order valence-corrected chi connectivity index (χ4v) is 3.60. The van der Waals surface area contributed by atoms with E-state index in [-0.39, 0.29) is 17.4 Å². The summed E-state index contributed by atoms with van der Waals surface area (Å²) < 4.78 is 11.3. The number of aromatic nitrogens is 1. The van der Waals surface area contributed by atoms with E-state index in [1.165, 1.54) is 0 Å². The SMILES string of the molecule is Cc1nc(C)c(C(=O)N2CCOc3c(O)cc(-c4ccccc4C)cc3C2)o1. The first kappa shape index (κ1) is 18.1. The smallest absolute Gasteiger partial charge is 0.291 e. The van der Waals surface area contributed by atoms with Gasteiger partial charge in [-0.1, -0.05) is 24.3 Å². The molecule has 0 aliphatic carbocycles. The summed E-state index contributed by atoms with van der Waals surface area (Å²) in [6.45, 7) is 6.51. The van der Waals surface area contributed by atoms with Crippen molar-refractivity contribution in [2.75, 3.05) is 13.2 Å². The number of fused-ring (bicyclic) bond motifs is 1. The van der Waals surface area contributed by atoms with Crippen molar-refractivity contribution >= 4 is 5.91 Å². The van der Waals surface area contributed by atoms with Gasteiger partial charge in [-0.25, -0.2) is 4.98 Å². The number of ether oxygens (including phenoxy) is 1. The number of hydrogen-bond donors (Lipinski definition) is 1. The van der Waals surface area contributed by atoms with Crippen LogP contribution in [-0.2, 0) is 6.54 Å². The Morgan fingerprint density at radius 2 is 1.96 bits per heavy atom. The van der Waals surface area contributed by atoms with Crippen molar-refractivity contribution in [2.24, 2.45) is 0 Å². The van der Waals surface area contributed by atoms with Crippen LogP contribution in [0.4, 0.5) is 0 Å². The minimum absolute atomic E-state index is 0.0803. The normalized spacial score (nSPS) is 13.6. The summed E-state index contributed by atoms with van der Waals surface area (Å²) in [5, 5.41) is 10.5. The second-order valence-corrected chi connectivity index (χ2v) is 7.02. The van der Waals surface area contributed by atoms with E-state index in [4.69, 9.17) is 9.15 Å². The summed E-state index contributed by atoms with van der Waals surface area (Å²) in [6.07, 6.45) is 0. The van der Waals surface area contributed by atoms with Crippen molar-refractivity contribution < 1.29 is 19.1 Å². The molecule has 1 aliphatic rings. The standard InChI is InChI=1S/C22H22N2O4/c1-13-6-4-5-7-18(13)16-10-17-12-24(8-9-27-21(17)19(25)11-16)22(26)20-14(2)23-15(3)28-20/h4-7,10-11,25H,8-9,12H2,1-3H3. The summed E-state index contributed by atoms with van der Waals surface area (Å²) in [4.78, 5) is 18.8. The predicted molar refractivity (Wildman–Crippen MR) is 104 cm³/mol. The first-order chi connectivity index (χ1) is 13.4. The maximum absolute atomic E-state index is 13.0. The number of hydrogen-bond acceptors (Lipinski definition) is 5. The van der Waals surface area contributed by atoms with Gasteiger partial charge >= 0.3 is 0 Å². The zero-order chi connectivity index (χ0) is 19.8. The molecule has 28 heavy (non-hydrogen) atoms. The van der Waals surface area contributed by atoms with Crippen LogP contribution in [0.1, 0.15) is 33.3 Å². The second kappa shape index (κ2) is 7.03. The highest BCUT2D eigenvalue weighted by atomic mass is 16.5. The molecule has 0 saturated heterocycles. The molecular weight excluding hydrogens is 356 g/mol. The Hall–Kier alpha value is -3.28. The van der Waals surface area contributed by atoms with Gasteiger partial charge in [-0.05, 0) is 42.7 Å². The number of carbonyl (C=O) groups excluding carboxylic acids is 1.